The smallest absolute Gasteiger partial charge is 0.257 e. The van der Waals surface area contributed by atoms with E-state index in [9.17, 15) is 4.79 Å². The Kier molecular flexibility index (Phi) is 6.00. The second kappa shape index (κ2) is 8.42. The van der Waals surface area contributed by atoms with Gasteiger partial charge in [-0.25, -0.2) is 4.98 Å². The average molecular weight is 389 g/mol. The van der Waals surface area contributed by atoms with Crippen LogP contribution in [0.15, 0.2) is 41.3 Å². The van der Waals surface area contributed by atoms with E-state index in [1.807, 2.05) is 32.2 Å². The first kappa shape index (κ1) is 18.5. The van der Waals surface area contributed by atoms with Crippen molar-refractivity contribution in [1.82, 2.24) is 4.98 Å². The van der Waals surface area contributed by atoms with Crippen molar-refractivity contribution in [3.05, 3.63) is 42.0 Å². The Labute approximate surface area is 160 Å². The van der Waals surface area contributed by atoms with Gasteiger partial charge in [0.05, 0.1) is 23.4 Å². The molecule has 0 aliphatic carbocycles. The first-order valence-corrected chi connectivity index (χ1v) is 10.3. The summed E-state index contributed by atoms with van der Waals surface area (Å²) in [6.45, 7) is 4.84. The third kappa shape index (κ3) is 4.11. The molecule has 136 valence electrons. The maximum absolute atomic E-state index is 12.6. The highest BCUT2D eigenvalue weighted by Gasteiger charge is 2.14. The first-order valence-electron chi connectivity index (χ1n) is 8.30. The van der Waals surface area contributed by atoms with Crippen molar-refractivity contribution >= 4 is 44.4 Å². The third-order valence-electron chi connectivity index (χ3n) is 3.62. The Morgan fingerprint density at radius 2 is 1.88 bits per heavy atom. The maximum atomic E-state index is 12.6. The fourth-order valence-electron chi connectivity index (χ4n) is 2.45. The van der Waals surface area contributed by atoms with E-state index < -0.39 is 0 Å². The minimum Gasteiger partial charge on any atom is -0.490 e. The van der Waals surface area contributed by atoms with E-state index in [4.69, 9.17) is 9.47 Å². The van der Waals surface area contributed by atoms with Gasteiger partial charge in [0.15, 0.2) is 16.6 Å². The molecule has 0 fully saturated rings. The van der Waals surface area contributed by atoms with Gasteiger partial charge in [0.1, 0.15) is 0 Å². The first-order chi connectivity index (χ1) is 12.6. The van der Waals surface area contributed by atoms with E-state index in [1.165, 1.54) is 16.2 Å². The molecule has 0 spiro atoms. The molecule has 0 unspecified atom stereocenters. The van der Waals surface area contributed by atoms with E-state index >= 15 is 0 Å². The summed E-state index contributed by atoms with van der Waals surface area (Å²) in [7, 11) is 0. The van der Waals surface area contributed by atoms with Crippen LogP contribution in [0, 0.1) is 0 Å². The number of ether oxygens (including phenoxy) is 2. The average Bonchev–Trinajstić information content (AvgIpc) is 3.04. The number of carbonyl (C=O) groups is 1. The van der Waals surface area contributed by atoms with E-state index in [2.05, 4.69) is 16.4 Å². The Morgan fingerprint density at radius 1 is 1.12 bits per heavy atom. The molecule has 0 atom stereocenters. The summed E-state index contributed by atoms with van der Waals surface area (Å²) in [6.07, 6.45) is 2.03. The number of hydrogen-bond donors (Lipinski definition) is 1. The Morgan fingerprint density at radius 3 is 2.62 bits per heavy atom. The highest BCUT2D eigenvalue weighted by molar-refractivity contribution is 7.98. The zero-order chi connectivity index (χ0) is 18.5. The second-order valence-corrected chi connectivity index (χ2v) is 7.24. The Balaban J connectivity index is 1.82. The quantitative estimate of drug-likeness (QED) is 0.573. The molecule has 7 heteroatoms. The minimum absolute atomic E-state index is 0.224. The van der Waals surface area contributed by atoms with Gasteiger partial charge in [-0.15, -0.1) is 11.8 Å². The lowest BCUT2D eigenvalue weighted by molar-refractivity contribution is 0.102. The maximum Gasteiger partial charge on any atom is 0.257 e. The third-order valence-corrected chi connectivity index (χ3v) is 5.28. The summed E-state index contributed by atoms with van der Waals surface area (Å²) >= 11 is 3.14. The molecular weight excluding hydrogens is 368 g/mol. The number of carbonyl (C=O) groups excluding carboxylic acids is 1. The molecule has 5 nitrogen and oxygen atoms in total. The van der Waals surface area contributed by atoms with Crippen molar-refractivity contribution in [2.24, 2.45) is 0 Å². The Bertz CT molecular complexity index is 924. The number of benzene rings is 2. The largest absolute Gasteiger partial charge is 0.490 e. The van der Waals surface area contributed by atoms with Crippen LogP contribution in [0.1, 0.15) is 24.2 Å². The molecule has 1 aromatic heterocycles. The van der Waals surface area contributed by atoms with Gasteiger partial charge in [-0.05, 0) is 56.5 Å². The monoisotopic (exact) mass is 388 g/mol. The van der Waals surface area contributed by atoms with Crippen molar-refractivity contribution < 1.29 is 14.3 Å². The fraction of sp³-hybridized carbons (Fsp3) is 0.263. The SMILES string of the molecule is CCOc1ccc(C(=O)Nc2nc3ccc(SC)cc3s2)cc1OCC. The van der Waals surface area contributed by atoms with Crippen LogP contribution < -0.4 is 14.8 Å². The predicted molar refractivity (Wildman–Crippen MR) is 108 cm³/mol. The van der Waals surface area contributed by atoms with Crippen LogP contribution in [0.2, 0.25) is 0 Å². The van der Waals surface area contributed by atoms with Gasteiger partial charge in [0, 0.05) is 10.5 Å². The molecule has 2 aromatic carbocycles. The molecule has 3 aromatic rings. The minimum atomic E-state index is -0.224. The summed E-state index contributed by atoms with van der Waals surface area (Å²) < 4.78 is 12.2. The normalized spacial score (nSPS) is 10.7. The van der Waals surface area contributed by atoms with Gasteiger partial charge >= 0.3 is 0 Å². The van der Waals surface area contributed by atoms with Crippen molar-refractivity contribution in [2.45, 2.75) is 18.7 Å². The van der Waals surface area contributed by atoms with Gasteiger partial charge < -0.3 is 9.47 Å². The topological polar surface area (TPSA) is 60.5 Å². The van der Waals surface area contributed by atoms with Crippen LogP contribution in [0.5, 0.6) is 11.5 Å². The van der Waals surface area contributed by atoms with Gasteiger partial charge in [-0.1, -0.05) is 11.3 Å². The highest BCUT2D eigenvalue weighted by Crippen LogP contribution is 2.31. The number of nitrogens with one attached hydrogen (secondary N) is 1. The number of anilines is 1. The number of aromatic nitrogens is 1. The molecule has 0 aliphatic rings. The van der Waals surface area contributed by atoms with Gasteiger partial charge in [-0.3, -0.25) is 10.1 Å². The van der Waals surface area contributed by atoms with Crippen molar-refractivity contribution in [3.63, 3.8) is 0 Å². The molecule has 0 saturated carbocycles. The molecule has 0 radical (unpaired) electrons. The molecule has 0 saturated heterocycles. The highest BCUT2D eigenvalue weighted by atomic mass is 32.2. The Hall–Kier alpha value is -2.25. The fourth-order valence-corrected chi connectivity index (χ4v) is 3.86. The zero-order valence-corrected chi connectivity index (χ0v) is 16.5. The van der Waals surface area contributed by atoms with Crippen LogP contribution in [-0.2, 0) is 0 Å². The van der Waals surface area contributed by atoms with E-state index in [0.717, 1.165) is 10.2 Å². The number of rotatable bonds is 7. The lowest BCUT2D eigenvalue weighted by Gasteiger charge is -2.12. The van der Waals surface area contributed by atoms with Crippen LogP contribution in [0.4, 0.5) is 5.13 Å². The zero-order valence-electron chi connectivity index (χ0n) is 14.9. The molecular formula is C19H20N2O3S2. The number of thioether (sulfide) groups is 1. The number of fused-ring (bicyclic) bond motifs is 1. The summed E-state index contributed by atoms with van der Waals surface area (Å²) in [5.41, 5.74) is 1.38. The number of nitrogens with zero attached hydrogens (tertiary/aromatic N) is 1. The molecule has 1 heterocycles. The summed E-state index contributed by atoms with van der Waals surface area (Å²) in [5, 5.41) is 3.45. The number of hydrogen-bond acceptors (Lipinski definition) is 6. The summed E-state index contributed by atoms with van der Waals surface area (Å²) in [5.74, 6) is 0.976. The van der Waals surface area contributed by atoms with Crippen LogP contribution in [0.3, 0.4) is 0 Å². The number of amides is 1. The van der Waals surface area contributed by atoms with E-state index in [-0.39, 0.29) is 5.91 Å². The lowest BCUT2D eigenvalue weighted by atomic mass is 10.2. The standard InChI is InChI=1S/C19H20N2O3S2/c1-4-23-15-9-6-12(10-16(15)24-5-2)18(22)21-19-20-14-8-7-13(25-3)11-17(14)26-19/h6-11H,4-5H2,1-3H3,(H,20,21,22). The van der Waals surface area contributed by atoms with E-state index in [0.29, 0.717) is 35.4 Å². The van der Waals surface area contributed by atoms with Gasteiger partial charge in [0.2, 0.25) is 0 Å². The predicted octanol–water partition coefficient (Wildman–Crippen LogP) is 5.07. The molecule has 3 rings (SSSR count). The van der Waals surface area contributed by atoms with Crippen LogP contribution >= 0.6 is 23.1 Å². The molecule has 1 N–H and O–H groups in total. The molecule has 0 bridgehead atoms. The molecule has 1 amide bonds. The summed E-state index contributed by atoms with van der Waals surface area (Å²) in [4.78, 5) is 18.2. The summed E-state index contributed by atoms with van der Waals surface area (Å²) in [6, 6.07) is 11.3. The molecule has 0 aliphatic heterocycles. The van der Waals surface area contributed by atoms with Gasteiger partial charge in [0.25, 0.3) is 5.91 Å². The molecule has 26 heavy (non-hydrogen) atoms. The van der Waals surface area contributed by atoms with E-state index in [1.54, 1.807) is 30.0 Å². The van der Waals surface area contributed by atoms with Crippen LogP contribution in [-0.4, -0.2) is 30.4 Å². The van der Waals surface area contributed by atoms with Crippen molar-refractivity contribution in [2.75, 3.05) is 24.8 Å². The second-order valence-electron chi connectivity index (χ2n) is 5.33. The van der Waals surface area contributed by atoms with Crippen molar-refractivity contribution in [3.8, 4) is 11.5 Å². The number of thiazole rings is 1. The van der Waals surface area contributed by atoms with Crippen molar-refractivity contribution in [1.29, 1.82) is 0 Å². The van der Waals surface area contributed by atoms with Gasteiger partial charge in [-0.2, -0.15) is 0 Å². The van der Waals surface area contributed by atoms with Crippen LogP contribution in [0.25, 0.3) is 10.2 Å². The lowest BCUT2D eigenvalue weighted by Crippen LogP contribution is -2.12.